The van der Waals surface area contributed by atoms with Crippen LogP contribution in [0, 0.1) is 0 Å². The van der Waals surface area contributed by atoms with Crippen LogP contribution in [0.25, 0.3) is 5.65 Å². The highest BCUT2D eigenvalue weighted by Gasteiger charge is 2.38. The lowest BCUT2D eigenvalue weighted by Crippen LogP contribution is -2.35. The van der Waals surface area contributed by atoms with Crippen molar-refractivity contribution in [3.05, 3.63) is 29.7 Å². The minimum absolute atomic E-state index is 0.134. The average Bonchev–Trinajstić information content (AvgIpc) is 3.33. The standard InChI is InChI=1S/C17H23N5O.C2HF3O2/c1-20-10-7-13(11-20)16-19-18-15-6-5-14(12-22(15)16)17(23)21-8-3-2-4-9-21;3-2(4,5)1(6)7/h5-6,12-13H,2-4,7-11H2,1H3;(H,6,7). The van der Waals surface area contributed by atoms with E-state index in [1.54, 1.807) is 0 Å². The molecule has 0 bridgehead atoms. The second-order valence-corrected chi connectivity index (χ2v) is 7.61. The van der Waals surface area contributed by atoms with Crippen LogP contribution in [0.2, 0.25) is 0 Å². The summed E-state index contributed by atoms with van der Waals surface area (Å²) in [6.07, 6.45) is 1.40. The molecule has 0 aliphatic carbocycles. The molecular weight excluding hydrogens is 403 g/mol. The number of likely N-dealkylation sites (tertiary alicyclic amines) is 2. The van der Waals surface area contributed by atoms with Gasteiger partial charge in [0.25, 0.3) is 5.91 Å². The number of alkyl halides is 3. The monoisotopic (exact) mass is 427 g/mol. The first kappa shape index (κ1) is 22.0. The van der Waals surface area contributed by atoms with Gasteiger partial charge in [-0.25, -0.2) is 4.79 Å². The predicted octanol–water partition coefficient (Wildman–Crippen LogP) is 2.41. The maximum Gasteiger partial charge on any atom is 0.490 e. The van der Waals surface area contributed by atoms with Crippen molar-refractivity contribution < 1.29 is 27.9 Å². The molecule has 2 fully saturated rings. The number of carboxylic acids is 1. The van der Waals surface area contributed by atoms with Crippen molar-refractivity contribution in [1.82, 2.24) is 24.4 Å². The summed E-state index contributed by atoms with van der Waals surface area (Å²) in [5.74, 6) is -1.24. The third-order valence-corrected chi connectivity index (χ3v) is 5.32. The van der Waals surface area contributed by atoms with E-state index in [-0.39, 0.29) is 5.91 Å². The van der Waals surface area contributed by atoms with Crippen molar-refractivity contribution in [2.45, 2.75) is 37.8 Å². The first-order chi connectivity index (χ1) is 14.2. The molecule has 30 heavy (non-hydrogen) atoms. The molecule has 164 valence electrons. The van der Waals surface area contributed by atoms with Crippen molar-refractivity contribution in [1.29, 1.82) is 0 Å². The predicted molar refractivity (Wildman–Crippen MR) is 101 cm³/mol. The maximum absolute atomic E-state index is 12.7. The molecule has 1 N–H and O–H groups in total. The number of pyridine rings is 1. The molecule has 8 nitrogen and oxygen atoms in total. The number of likely N-dealkylation sites (N-methyl/N-ethyl adjacent to an activating group) is 1. The van der Waals surface area contributed by atoms with Crippen LogP contribution in [0.15, 0.2) is 18.3 Å². The molecule has 2 aliphatic rings. The van der Waals surface area contributed by atoms with Crippen LogP contribution in [-0.4, -0.2) is 80.8 Å². The number of halogens is 3. The Morgan fingerprint density at radius 3 is 2.33 bits per heavy atom. The topological polar surface area (TPSA) is 91.0 Å². The quantitative estimate of drug-likeness (QED) is 0.792. The van der Waals surface area contributed by atoms with E-state index in [2.05, 4.69) is 22.1 Å². The number of amides is 1. The Bertz CT molecular complexity index is 908. The minimum atomic E-state index is -5.08. The highest BCUT2D eigenvalue weighted by atomic mass is 19.4. The SMILES string of the molecule is CN1CCC(c2nnc3ccc(C(=O)N4CCCCC4)cn23)C1.O=C(O)C(F)(F)F. The van der Waals surface area contributed by atoms with Gasteiger partial charge in [-0.1, -0.05) is 0 Å². The lowest BCUT2D eigenvalue weighted by molar-refractivity contribution is -0.192. The van der Waals surface area contributed by atoms with Crippen LogP contribution in [0.5, 0.6) is 0 Å². The fourth-order valence-corrected chi connectivity index (χ4v) is 3.74. The van der Waals surface area contributed by atoms with E-state index in [0.29, 0.717) is 5.92 Å². The molecule has 2 aromatic heterocycles. The number of hydrogen-bond acceptors (Lipinski definition) is 5. The van der Waals surface area contributed by atoms with Gasteiger partial charge in [0.2, 0.25) is 0 Å². The molecule has 0 radical (unpaired) electrons. The molecule has 2 aliphatic heterocycles. The Morgan fingerprint density at radius 1 is 1.10 bits per heavy atom. The molecule has 4 heterocycles. The van der Waals surface area contributed by atoms with Gasteiger partial charge in [0.1, 0.15) is 5.82 Å². The molecule has 2 aromatic rings. The van der Waals surface area contributed by atoms with E-state index >= 15 is 0 Å². The average molecular weight is 427 g/mol. The number of fused-ring (bicyclic) bond motifs is 1. The normalized spacial score (nSPS) is 20.1. The van der Waals surface area contributed by atoms with Gasteiger partial charge in [-0.05, 0) is 51.4 Å². The molecular formula is C19H24F3N5O3. The van der Waals surface area contributed by atoms with Crippen molar-refractivity contribution in [2.24, 2.45) is 0 Å². The van der Waals surface area contributed by atoms with Gasteiger partial charge in [-0.3, -0.25) is 9.20 Å². The van der Waals surface area contributed by atoms with E-state index in [1.807, 2.05) is 27.6 Å². The van der Waals surface area contributed by atoms with Crippen molar-refractivity contribution >= 4 is 17.5 Å². The van der Waals surface area contributed by atoms with E-state index in [1.165, 1.54) is 6.42 Å². The summed E-state index contributed by atoms with van der Waals surface area (Å²) in [5.41, 5.74) is 1.57. The Hall–Kier alpha value is -2.69. The smallest absolute Gasteiger partial charge is 0.475 e. The van der Waals surface area contributed by atoms with Gasteiger partial charge in [0.05, 0.1) is 5.56 Å². The zero-order chi connectivity index (χ0) is 21.9. The second kappa shape index (κ2) is 8.99. The first-order valence-electron chi connectivity index (χ1n) is 9.79. The van der Waals surface area contributed by atoms with Crippen LogP contribution >= 0.6 is 0 Å². The summed E-state index contributed by atoms with van der Waals surface area (Å²) in [6, 6.07) is 3.79. The van der Waals surface area contributed by atoms with Crippen molar-refractivity contribution in [3.63, 3.8) is 0 Å². The zero-order valence-electron chi connectivity index (χ0n) is 16.6. The molecule has 1 atom stereocenters. The lowest BCUT2D eigenvalue weighted by Gasteiger charge is -2.26. The molecule has 1 amide bonds. The number of piperidine rings is 1. The summed E-state index contributed by atoms with van der Waals surface area (Å²) in [5, 5.41) is 15.8. The summed E-state index contributed by atoms with van der Waals surface area (Å²) in [7, 11) is 2.13. The number of aliphatic carboxylic acids is 1. The highest BCUT2D eigenvalue weighted by molar-refractivity contribution is 5.94. The largest absolute Gasteiger partial charge is 0.490 e. The molecule has 11 heteroatoms. The van der Waals surface area contributed by atoms with Crippen LogP contribution in [0.1, 0.15) is 47.8 Å². The number of carbonyl (C=O) groups is 2. The van der Waals surface area contributed by atoms with Gasteiger partial charge >= 0.3 is 12.1 Å². The van der Waals surface area contributed by atoms with Crippen LogP contribution in [0.3, 0.4) is 0 Å². The van der Waals surface area contributed by atoms with Crippen molar-refractivity contribution in [2.75, 3.05) is 33.2 Å². The minimum Gasteiger partial charge on any atom is -0.475 e. The molecule has 0 aromatic carbocycles. The molecule has 2 saturated heterocycles. The summed E-state index contributed by atoms with van der Waals surface area (Å²) in [6.45, 7) is 3.84. The summed E-state index contributed by atoms with van der Waals surface area (Å²) < 4.78 is 33.8. The molecule has 0 spiro atoms. The van der Waals surface area contributed by atoms with Gasteiger partial charge in [-0.2, -0.15) is 13.2 Å². The zero-order valence-corrected chi connectivity index (χ0v) is 16.6. The third kappa shape index (κ3) is 5.07. The number of nitrogens with zero attached hydrogens (tertiary/aromatic N) is 5. The summed E-state index contributed by atoms with van der Waals surface area (Å²) in [4.78, 5) is 25.9. The Morgan fingerprint density at radius 2 is 1.77 bits per heavy atom. The van der Waals surface area contributed by atoms with Gasteiger partial charge in [0, 0.05) is 31.7 Å². The molecule has 4 rings (SSSR count). The first-order valence-corrected chi connectivity index (χ1v) is 9.79. The molecule has 0 saturated carbocycles. The van der Waals surface area contributed by atoms with Crippen molar-refractivity contribution in [3.8, 4) is 0 Å². The summed E-state index contributed by atoms with van der Waals surface area (Å²) >= 11 is 0. The van der Waals surface area contributed by atoms with Crippen LogP contribution in [0.4, 0.5) is 13.2 Å². The number of hydrogen-bond donors (Lipinski definition) is 1. The Balaban J connectivity index is 0.000000318. The number of carbonyl (C=O) groups excluding carboxylic acids is 1. The third-order valence-electron chi connectivity index (χ3n) is 5.32. The van der Waals surface area contributed by atoms with E-state index < -0.39 is 12.1 Å². The number of rotatable bonds is 2. The molecule has 1 unspecified atom stereocenters. The fraction of sp³-hybridized carbons (Fsp3) is 0.579. The number of carboxylic acid groups (broad SMARTS) is 1. The van der Waals surface area contributed by atoms with Gasteiger partial charge in [-0.15, -0.1) is 10.2 Å². The van der Waals surface area contributed by atoms with E-state index in [4.69, 9.17) is 9.90 Å². The van der Waals surface area contributed by atoms with E-state index in [9.17, 15) is 18.0 Å². The van der Waals surface area contributed by atoms with Gasteiger partial charge < -0.3 is 14.9 Å². The maximum atomic E-state index is 12.7. The second-order valence-electron chi connectivity index (χ2n) is 7.61. The number of aromatic nitrogens is 3. The fourth-order valence-electron chi connectivity index (χ4n) is 3.74. The Labute approximate surface area is 171 Å². The van der Waals surface area contributed by atoms with E-state index in [0.717, 1.165) is 62.5 Å². The Kier molecular flexibility index (Phi) is 6.59. The highest BCUT2D eigenvalue weighted by Crippen LogP contribution is 2.25. The van der Waals surface area contributed by atoms with Gasteiger partial charge in [0.15, 0.2) is 5.65 Å². The van der Waals surface area contributed by atoms with Crippen LogP contribution in [-0.2, 0) is 4.79 Å². The van der Waals surface area contributed by atoms with Crippen LogP contribution < -0.4 is 0 Å². The lowest BCUT2D eigenvalue weighted by atomic mass is 10.1.